The molecule has 0 bridgehead atoms. The number of carbonyl (C=O) groups excluding carboxylic acids is 2. The lowest BCUT2D eigenvalue weighted by Crippen LogP contribution is -2.30. The van der Waals surface area contributed by atoms with Crippen molar-refractivity contribution < 1.29 is 19.1 Å². The summed E-state index contributed by atoms with van der Waals surface area (Å²) in [6, 6.07) is 24.1. The van der Waals surface area contributed by atoms with Gasteiger partial charge in [0.25, 0.3) is 5.91 Å². The molecule has 0 aliphatic rings. The average molecular weight is 415 g/mol. The molecule has 0 aliphatic heterocycles. The number of benzene rings is 3. The molecule has 1 atom stereocenters. The summed E-state index contributed by atoms with van der Waals surface area (Å²) in [5, 5.41) is 10.1. The molecule has 0 saturated carbocycles. The van der Waals surface area contributed by atoms with Crippen molar-refractivity contribution in [1.82, 2.24) is 10.2 Å². The number of H-pyrrole nitrogens is 1. The quantitative estimate of drug-likeness (QED) is 0.438. The molecule has 7 heteroatoms. The number of hydrogen-bond donors (Lipinski definition) is 2. The number of hydrogen-bond acceptors (Lipinski definition) is 5. The molecule has 0 spiro atoms. The maximum absolute atomic E-state index is 12.4. The fourth-order valence-electron chi connectivity index (χ4n) is 3.01. The van der Waals surface area contributed by atoms with Crippen LogP contribution in [0, 0.1) is 0 Å². The summed E-state index contributed by atoms with van der Waals surface area (Å²) in [7, 11) is 0. The normalized spacial score (nSPS) is 11.6. The highest BCUT2D eigenvalue weighted by atomic mass is 16.5. The number of aromatic nitrogens is 2. The molecular weight excluding hydrogens is 394 g/mol. The fourth-order valence-corrected chi connectivity index (χ4v) is 3.01. The Morgan fingerprint density at radius 2 is 1.68 bits per heavy atom. The Balaban J connectivity index is 1.31. The van der Waals surface area contributed by atoms with Crippen molar-refractivity contribution >= 4 is 28.5 Å². The Labute approximate surface area is 179 Å². The highest BCUT2D eigenvalue weighted by Gasteiger charge is 2.22. The van der Waals surface area contributed by atoms with E-state index in [1.807, 2.05) is 42.5 Å². The van der Waals surface area contributed by atoms with Crippen molar-refractivity contribution in [1.29, 1.82) is 0 Å². The highest BCUT2D eigenvalue weighted by molar-refractivity contribution is 6.03. The largest absolute Gasteiger partial charge is 0.489 e. The number of nitrogens with one attached hydrogen (secondary N) is 2. The molecule has 3 aromatic carbocycles. The van der Waals surface area contributed by atoms with Crippen molar-refractivity contribution in [3.05, 3.63) is 90.1 Å². The van der Waals surface area contributed by atoms with Gasteiger partial charge < -0.3 is 14.8 Å². The molecule has 156 valence electrons. The van der Waals surface area contributed by atoms with Crippen LogP contribution in [0.3, 0.4) is 0 Å². The summed E-state index contributed by atoms with van der Waals surface area (Å²) >= 11 is 0. The molecule has 4 aromatic rings. The van der Waals surface area contributed by atoms with Gasteiger partial charge >= 0.3 is 5.97 Å². The van der Waals surface area contributed by atoms with E-state index in [9.17, 15) is 9.59 Å². The first-order valence-electron chi connectivity index (χ1n) is 9.82. The molecule has 1 amide bonds. The van der Waals surface area contributed by atoms with E-state index in [1.54, 1.807) is 36.4 Å². The number of rotatable bonds is 7. The van der Waals surface area contributed by atoms with Gasteiger partial charge in [0, 0.05) is 11.1 Å². The lowest BCUT2D eigenvalue weighted by molar-refractivity contribution is -0.123. The Morgan fingerprint density at radius 3 is 2.45 bits per heavy atom. The van der Waals surface area contributed by atoms with Crippen LogP contribution < -0.4 is 10.1 Å². The highest BCUT2D eigenvalue weighted by Crippen LogP contribution is 2.19. The van der Waals surface area contributed by atoms with E-state index in [0.29, 0.717) is 23.4 Å². The first-order chi connectivity index (χ1) is 15.1. The Kier molecular flexibility index (Phi) is 5.93. The minimum Gasteiger partial charge on any atom is -0.489 e. The zero-order chi connectivity index (χ0) is 21.6. The molecule has 0 fully saturated rings. The second kappa shape index (κ2) is 9.13. The summed E-state index contributed by atoms with van der Waals surface area (Å²) < 4.78 is 11.0. The van der Waals surface area contributed by atoms with Gasteiger partial charge in [-0.05, 0) is 42.8 Å². The molecule has 0 saturated heterocycles. The summed E-state index contributed by atoms with van der Waals surface area (Å²) in [6.07, 6.45) is -0.989. The molecular formula is C24H21N3O4. The fraction of sp³-hybridized carbons (Fsp3) is 0.125. The van der Waals surface area contributed by atoms with Gasteiger partial charge in [-0.1, -0.05) is 48.5 Å². The summed E-state index contributed by atoms with van der Waals surface area (Å²) in [5.41, 5.74) is 2.52. The Hall–Kier alpha value is -4.13. The van der Waals surface area contributed by atoms with Gasteiger partial charge in [0.1, 0.15) is 12.4 Å². The summed E-state index contributed by atoms with van der Waals surface area (Å²) in [5.74, 6) is -0.414. The van der Waals surface area contributed by atoms with Crippen LogP contribution in [0.1, 0.15) is 23.0 Å². The number of esters is 1. The molecule has 2 N–H and O–H groups in total. The average Bonchev–Trinajstić information content (AvgIpc) is 3.23. The maximum atomic E-state index is 12.4. The lowest BCUT2D eigenvalue weighted by Gasteiger charge is -2.13. The van der Waals surface area contributed by atoms with Gasteiger partial charge in [0.2, 0.25) is 0 Å². The van der Waals surface area contributed by atoms with Crippen molar-refractivity contribution in [2.24, 2.45) is 0 Å². The van der Waals surface area contributed by atoms with E-state index < -0.39 is 18.0 Å². The number of amides is 1. The topological polar surface area (TPSA) is 93.3 Å². The molecule has 0 radical (unpaired) electrons. The van der Waals surface area contributed by atoms with Crippen LogP contribution in [0.4, 0.5) is 5.69 Å². The zero-order valence-corrected chi connectivity index (χ0v) is 16.9. The maximum Gasteiger partial charge on any atom is 0.360 e. The van der Waals surface area contributed by atoms with E-state index in [1.165, 1.54) is 6.92 Å². The molecule has 4 rings (SSSR count). The third kappa shape index (κ3) is 4.90. The number of fused-ring (bicyclic) bond motifs is 1. The number of anilines is 1. The predicted octanol–water partition coefficient (Wildman–Crippen LogP) is 4.33. The van der Waals surface area contributed by atoms with Crippen LogP contribution in [-0.4, -0.2) is 28.2 Å². The molecule has 7 nitrogen and oxygen atoms in total. The van der Waals surface area contributed by atoms with E-state index in [4.69, 9.17) is 9.47 Å². The molecule has 0 aliphatic carbocycles. The Morgan fingerprint density at radius 1 is 0.968 bits per heavy atom. The monoisotopic (exact) mass is 415 g/mol. The number of para-hydroxylation sites is 1. The first-order valence-corrected chi connectivity index (χ1v) is 9.82. The van der Waals surface area contributed by atoms with Gasteiger partial charge in [-0.3, -0.25) is 9.89 Å². The van der Waals surface area contributed by atoms with Crippen LogP contribution in [0.5, 0.6) is 5.75 Å². The number of ether oxygens (including phenoxy) is 2. The van der Waals surface area contributed by atoms with Gasteiger partial charge in [-0.2, -0.15) is 5.10 Å². The van der Waals surface area contributed by atoms with Crippen molar-refractivity contribution in [2.45, 2.75) is 19.6 Å². The molecule has 1 aromatic heterocycles. The van der Waals surface area contributed by atoms with Crippen LogP contribution in [0.15, 0.2) is 78.9 Å². The van der Waals surface area contributed by atoms with Crippen molar-refractivity contribution in [3.63, 3.8) is 0 Å². The minimum absolute atomic E-state index is 0.148. The predicted molar refractivity (Wildman–Crippen MR) is 117 cm³/mol. The molecule has 1 heterocycles. The SMILES string of the molecule is C[C@H](OC(=O)c1n[nH]c2ccccc12)C(=O)Nc1ccc(OCc2ccccc2)cc1. The Bertz CT molecular complexity index is 1190. The van der Waals surface area contributed by atoms with Crippen LogP contribution in [0.2, 0.25) is 0 Å². The summed E-state index contributed by atoms with van der Waals surface area (Å²) in [4.78, 5) is 24.8. The van der Waals surface area contributed by atoms with Crippen LogP contribution in [0.25, 0.3) is 10.9 Å². The second-order valence-electron chi connectivity index (χ2n) is 6.95. The van der Waals surface area contributed by atoms with E-state index >= 15 is 0 Å². The third-order valence-electron chi connectivity index (χ3n) is 4.69. The smallest absolute Gasteiger partial charge is 0.360 e. The van der Waals surface area contributed by atoms with Gasteiger partial charge in [-0.25, -0.2) is 4.79 Å². The number of nitrogens with zero attached hydrogens (tertiary/aromatic N) is 1. The van der Waals surface area contributed by atoms with E-state index in [0.717, 1.165) is 11.1 Å². The second-order valence-corrected chi connectivity index (χ2v) is 6.95. The number of aromatic amines is 1. The van der Waals surface area contributed by atoms with Crippen LogP contribution in [-0.2, 0) is 16.1 Å². The van der Waals surface area contributed by atoms with Gasteiger partial charge in [0.15, 0.2) is 11.8 Å². The van der Waals surface area contributed by atoms with E-state index in [2.05, 4.69) is 15.5 Å². The van der Waals surface area contributed by atoms with Gasteiger partial charge in [0.05, 0.1) is 5.52 Å². The first kappa shape index (κ1) is 20.2. The van der Waals surface area contributed by atoms with Crippen molar-refractivity contribution in [2.75, 3.05) is 5.32 Å². The standard InChI is InChI=1S/C24H21N3O4/c1-16(31-24(29)22-20-9-5-6-10-21(20)26-27-22)23(28)25-18-11-13-19(14-12-18)30-15-17-7-3-2-4-8-17/h2-14,16H,15H2,1H3,(H,25,28)(H,26,27)/t16-/m0/s1. The minimum atomic E-state index is -0.989. The summed E-state index contributed by atoms with van der Waals surface area (Å²) in [6.45, 7) is 1.97. The van der Waals surface area contributed by atoms with Crippen molar-refractivity contribution in [3.8, 4) is 5.75 Å². The van der Waals surface area contributed by atoms with E-state index in [-0.39, 0.29) is 5.69 Å². The lowest BCUT2D eigenvalue weighted by atomic mass is 10.2. The molecule has 31 heavy (non-hydrogen) atoms. The third-order valence-corrected chi connectivity index (χ3v) is 4.69. The van der Waals surface area contributed by atoms with Gasteiger partial charge in [-0.15, -0.1) is 0 Å². The zero-order valence-electron chi connectivity index (χ0n) is 16.9. The van der Waals surface area contributed by atoms with Crippen LogP contribution >= 0.6 is 0 Å². The number of carbonyl (C=O) groups is 2. The molecule has 0 unspecified atom stereocenters.